The van der Waals surface area contributed by atoms with E-state index in [0.717, 1.165) is 11.5 Å². The van der Waals surface area contributed by atoms with Gasteiger partial charge >= 0.3 is 5.97 Å². The standard InChI is InChI=1S/C27H26N2O3/c30-27(31)24(32-23-16-8-3-9-17-23)18-10-15-22-19-28-26(29-22)25(20-11-4-1-5-12-20)21-13-6-2-7-14-21/h1-9,11-14,16-17,19,24-25H,10,15,18H2,(H,28,29)(H,30,31). The van der Waals surface area contributed by atoms with Crippen molar-refractivity contribution >= 4 is 5.97 Å². The highest BCUT2D eigenvalue weighted by Crippen LogP contribution is 2.30. The molecule has 1 atom stereocenters. The minimum absolute atomic E-state index is 0.0133. The average Bonchev–Trinajstić information content (AvgIpc) is 3.29. The molecule has 0 aliphatic rings. The molecule has 4 rings (SSSR count). The van der Waals surface area contributed by atoms with Gasteiger partial charge in [0.2, 0.25) is 0 Å². The number of para-hydroxylation sites is 1. The molecule has 4 aromatic rings. The Labute approximate surface area is 187 Å². The van der Waals surface area contributed by atoms with E-state index in [2.05, 4.69) is 34.2 Å². The number of aliphatic carboxylic acids is 1. The zero-order chi connectivity index (χ0) is 22.2. The summed E-state index contributed by atoms with van der Waals surface area (Å²) in [6.45, 7) is 0. The molecule has 32 heavy (non-hydrogen) atoms. The van der Waals surface area contributed by atoms with E-state index in [1.165, 1.54) is 11.1 Å². The number of ether oxygens (including phenoxy) is 1. The van der Waals surface area contributed by atoms with Crippen LogP contribution in [0.2, 0.25) is 0 Å². The Balaban J connectivity index is 1.43. The van der Waals surface area contributed by atoms with Crippen molar-refractivity contribution in [2.45, 2.75) is 31.3 Å². The van der Waals surface area contributed by atoms with Gasteiger partial charge in [-0.2, -0.15) is 0 Å². The molecule has 2 N–H and O–H groups in total. The number of nitrogens with zero attached hydrogens (tertiary/aromatic N) is 1. The molecule has 0 amide bonds. The number of nitrogens with one attached hydrogen (secondary N) is 1. The molecule has 3 aromatic carbocycles. The molecular weight excluding hydrogens is 400 g/mol. The first-order chi connectivity index (χ1) is 15.7. The molecule has 0 spiro atoms. The van der Waals surface area contributed by atoms with E-state index >= 15 is 0 Å². The van der Waals surface area contributed by atoms with Crippen molar-refractivity contribution in [1.29, 1.82) is 0 Å². The number of hydrogen-bond donors (Lipinski definition) is 2. The molecule has 1 heterocycles. The fraction of sp³-hybridized carbons (Fsp3) is 0.185. The third-order valence-electron chi connectivity index (χ3n) is 5.40. The number of carboxylic acid groups (broad SMARTS) is 1. The Morgan fingerprint density at radius 1 is 0.875 bits per heavy atom. The lowest BCUT2D eigenvalue weighted by Crippen LogP contribution is -2.27. The van der Waals surface area contributed by atoms with Gasteiger partial charge in [-0.25, -0.2) is 9.78 Å². The molecule has 5 heteroatoms. The number of aromatic nitrogens is 2. The van der Waals surface area contributed by atoms with Crippen molar-refractivity contribution < 1.29 is 14.6 Å². The van der Waals surface area contributed by atoms with Crippen LogP contribution in [0.3, 0.4) is 0 Å². The van der Waals surface area contributed by atoms with Crippen molar-refractivity contribution in [2.75, 3.05) is 0 Å². The quantitative estimate of drug-likeness (QED) is 0.354. The predicted molar refractivity (Wildman–Crippen MR) is 124 cm³/mol. The average molecular weight is 427 g/mol. The number of carboxylic acids is 1. The fourth-order valence-electron chi connectivity index (χ4n) is 3.82. The van der Waals surface area contributed by atoms with Crippen LogP contribution in [0.25, 0.3) is 0 Å². The summed E-state index contributed by atoms with van der Waals surface area (Å²) in [6.07, 6.45) is 2.76. The van der Waals surface area contributed by atoms with Crippen LogP contribution in [0.1, 0.15) is 41.4 Å². The van der Waals surface area contributed by atoms with Crippen molar-refractivity contribution in [1.82, 2.24) is 9.97 Å². The number of aromatic amines is 1. The Morgan fingerprint density at radius 2 is 1.44 bits per heavy atom. The Hall–Kier alpha value is -3.86. The lowest BCUT2D eigenvalue weighted by atomic mass is 9.91. The molecule has 0 saturated heterocycles. The molecule has 0 aliphatic carbocycles. The van der Waals surface area contributed by atoms with Gasteiger partial charge in [0, 0.05) is 11.9 Å². The van der Waals surface area contributed by atoms with E-state index in [9.17, 15) is 9.90 Å². The molecule has 0 saturated carbocycles. The van der Waals surface area contributed by atoms with E-state index in [4.69, 9.17) is 4.74 Å². The van der Waals surface area contributed by atoms with Crippen LogP contribution in [0.5, 0.6) is 5.75 Å². The smallest absolute Gasteiger partial charge is 0.344 e. The summed E-state index contributed by atoms with van der Waals surface area (Å²) < 4.78 is 5.65. The normalized spacial score (nSPS) is 11.9. The van der Waals surface area contributed by atoms with E-state index in [1.807, 2.05) is 60.8 Å². The molecule has 5 nitrogen and oxygen atoms in total. The van der Waals surface area contributed by atoms with Gasteiger partial charge in [0.05, 0.1) is 5.92 Å². The number of imidazole rings is 1. The highest BCUT2D eigenvalue weighted by Gasteiger charge is 2.21. The van der Waals surface area contributed by atoms with Crippen molar-refractivity contribution in [2.24, 2.45) is 0 Å². The number of carbonyl (C=O) groups is 1. The summed E-state index contributed by atoms with van der Waals surface area (Å²) in [5, 5.41) is 9.52. The van der Waals surface area contributed by atoms with Crippen molar-refractivity contribution in [3.8, 4) is 5.75 Å². The highest BCUT2D eigenvalue weighted by molar-refractivity contribution is 5.72. The number of rotatable bonds is 10. The molecular formula is C27H26N2O3. The summed E-state index contributed by atoms with van der Waals surface area (Å²) >= 11 is 0. The third kappa shape index (κ3) is 5.43. The van der Waals surface area contributed by atoms with Crippen LogP contribution < -0.4 is 4.74 Å². The van der Waals surface area contributed by atoms with Crippen LogP contribution in [-0.4, -0.2) is 27.1 Å². The first-order valence-electron chi connectivity index (χ1n) is 10.8. The Morgan fingerprint density at radius 3 is 2.00 bits per heavy atom. The highest BCUT2D eigenvalue weighted by atomic mass is 16.5. The number of benzene rings is 3. The fourth-order valence-corrected chi connectivity index (χ4v) is 3.82. The van der Waals surface area contributed by atoms with Crippen LogP contribution in [-0.2, 0) is 11.2 Å². The minimum Gasteiger partial charge on any atom is -0.479 e. The van der Waals surface area contributed by atoms with Gasteiger partial charge in [-0.3, -0.25) is 0 Å². The van der Waals surface area contributed by atoms with Crippen LogP contribution in [0.4, 0.5) is 0 Å². The molecule has 0 radical (unpaired) electrons. The summed E-state index contributed by atoms with van der Waals surface area (Å²) in [4.78, 5) is 19.7. The number of aryl methyl sites for hydroxylation is 1. The van der Waals surface area contributed by atoms with Crippen LogP contribution in [0, 0.1) is 0 Å². The monoisotopic (exact) mass is 426 g/mol. The van der Waals surface area contributed by atoms with E-state index < -0.39 is 12.1 Å². The number of hydrogen-bond acceptors (Lipinski definition) is 3. The summed E-state index contributed by atoms with van der Waals surface area (Å²) in [7, 11) is 0. The molecule has 162 valence electrons. The zero-order valence-electron chi connectivity index (χ0n) is 17.7. The van der Waals surface area contributed by atoms with Gasteiger partial charge < -0.3 is 14.8 Å². The first kappa shape index (κ1) is 21.4. The summed E-state index contributed by atoms with van der Waals surface area (Å²) in [6, 6.07) is 29.7. The summed E-state index contributed by atoms with van der Waals surface area (Å²) in [5.41, 5.74) is 3.32. The second-order valence-corrected chi connectivity index (χ2v) is 7.70. The Kier molecular flexibility index (Phi) is 6.98. The van der Waals surface area contributed by atoms with Gasteiger partial charge in [0.15, 0.2) is 6.10 Å². The SMILES string of the molecule is O=C(O)C(CCCc1cnc(C(c2ccccc2)c2ccccc2)[nH]1)Oc1ccccc1. The molecule has 1 aromatic heterocycles. The second kappa shape index (κ2) is 10.4. The molecule has 0 aliphatic heterocycles. The lowest BCUT2D eigenvalue weighted by molar-refractivity contribution is -0.145. The lowest BCUT2D eigenvalue weighted by Gasteiger charge is -2.16. The maximum atomic E-state index is 11.6. The topological polar surface area (TPSA) is 75.2 Å². The Bertz CT molecular complexity index is 1070. The summed E-state index contributed by atoms with van der Waals surface area (Å²) in [5.74, 6) is 0.511. The zero-order valence-corrected chi connectivity index (χ0v) is 17.7. The van der Waals surface area contributed by atoms with Crippen molar-refractivity contribution in [3.05, 3.63) is 120 Å². The van der Waals surface area contributed by atoms with Crippen molar-refractivity contribution in [3.63, 3.8) is 0 Å². The molecule has 0 bridgehead atoms. The van der Waals surface area contributed by atoms with Gasteiger partial charge in [-0.05, 0) is 42.5 Å². The number of H-pyrrole nitrogens is 1. The largest absolute Gasteiger partial charge is 0.479 e. The van der Waals surface area contributed by atoms with Gasteiger partial charge in [0.1, 0.15) is 11.6 Å². The second-order valence-electron chi connectivity index (χ2n) is 7.70. The van der Waals surface area contributed by atoms with E-state index in [-0.39, 0.29) is 5.92 Å². The maximum absolute atomic E-state index is 11.6. The molecule has 1 unspecified atom stereocenters. The van der Waals surface area contributed by atoms with Gasteiger partial charge in [-0.15, -0.1) is 0 Å². The molecule has 0 fully saturated rings. The van der Waals surface area contributed by atoms with E-state index in [0.29, 0.717) is 25.0 Å². The first-order valence-corrected chi connectivity index (χ1v) is 10.8. The van der Waals surface area contributed by atoms with Crippen LogP contribution in [0.15, 0.2) is 97.2 Å². The van der Waals surface area contributed by atoms with E-state index in [1.54, 1.807) is 12.1 Å². The van der Waals surface area contributed by atoms with Crippen LogP contribution >= 0.6 is 0 Å². The minimum atomic E-state index is -0.952. The van der Waals surface area contributed by atoms with Gasteiger partial charge in [-0.1, -0.05) is 78.9 Å². The predicted octanol–water partition coefficient (Wildman–Crippen LogP) is 5.44. The van der Waals surface area contributed by atoms with Gasteiger partial charge in [0.25, 0.3) is 0 Å². The third-order valence-corrected chi connectivity index (χ3v) is 5.40. The maximum Gasteiger partial charge on any atom is 0.344 e.